The molecule has 86 valence electrons. The highest BCUT2D eigenvalue weighted by atomic mass is 16.9. The highest BCUT2D eigenvalue weighted by Gasteiger charge is 2.54. The molecule has 4 fully saturated rings. The van der Waals surface area contributed by atoms with E-state index < -0.39 is 5.97 Å². The monoisotopic (exact) mass is 214 g/mol. The van der Waals surface area contributed by atoms with Gasteiger partial charge in [-0.05, 0) is 12.8 Å². The van der Waals surface area contributed by atoms with Crippen molar-refractivity contribution in [1.82, 2.24) is 0 Å². The van der Waals surface area contributed by atoms with Gasteiger partial charge in [-0.15, -0.1) is 0 Å². The van der Waals surface area contributed by atoms with Gasteiger partial charge in [-0.2, -0.15) is 0 Å². The summed E-state index contributed by atoms with van der Waals surface area (Å²) in [6, 6.07) is 0. The van der Waals surface area contributed by atoms with Crippen molar-refractivity contribution in [3.05, 3.63) is 0 Å². The third kappa shape index (κ3) is 1.60. The molecule has 0 N–H and O–H groups in total. The molecule has 0 amide bonds. The number of ether oxygens (including phenoxy) is 4. The normalized spacial score (nSPS) is 50.6. The van der Waals surface area contributed by atoms with Gasteiger partial charge < -0.3 is 18.9 Å². The molecule has 0 aromatic rings. The lowest BCUT2D eigenvalue weighted by Crippen LogP contribution is -2.63. The maximum absolute atomic E-state index is 5.78. The van der Waals surface area contributed by atoms with Gasteiger partial charge in [0.25, 0.3) is 5.97 Å². The van der Waals surface area contributed by atoms with E-state index in [-0.39, 0.29) is 11.3 Å². The molecule has 4 heterocycles. The van der Waals surface area contributed by atoms with Gasteiger partial charge in [0.1, 0.15) is 0 Å². The molecule has 0 spiro atoms. The molecule has 0 radical (unpaired) electrons. The maximum Gasteiger partial charge on any atom is 0.288 e. The minimum Gasteiger partial charge on any atom is -0.381 e. The lowest BCUT2D eigenvalue weighted by molar-refractivity contribution is -0.487. The summed E-state index contributed by atoms with van der Waals surface area (Å²) in [5, 5.41) is 0. The van der Waals surface area contributed by atoms with E-state index in [0.717, 1.165) is 39.3 Å². The second kappa shape index (κ2) is 3.42. The molecular weight excluding hydrogens is 196 g/mol. The van der Waals surface area contributed by atoms with Crippen LogP contribution in [0.5, 0.6) is 0 Å². The van der Waals surface area contributed by atoms with Crippen LogP contribution in [0, 0.1) is 11.3 Å². The van der Waals surface area contributed by atoms with E-state index in [1.807, 2.05) is 0 Å². The van der Waals surface area contributed by atoms with Gasteiger partial charge in [0, 0.05) is 12.0 Å². The number of hydrogen-bond acceptors (Lipinski definition) is 4. The molecule has 4 aliphatic heterocycles. The largest absolute Gasteiger partial charge is 0.381 e. The fraction of sp³-hybridized carbons (Fsp3) is 1.00. The molecule has 1 atom stereocenters. The molecule has 4 heteroatoms. The van der Waals surface area contributed by atoms with Crippen LogP contribution in [-0.4, -0.2) is 39.0 Å². The van der Waals surface area contributed by atoms with Crippen molar-refractivity contribution < 1.29 is 18.9 Å². The predicted molar refractivity (Wildman–Crippen MR) is 52.2 cm³/mol. The minimum absolute atomic E-state index is 0.0529. The molecule has 4 aliphatic rings. The Kier molecular flexibility index (Phi) is 2.28. The first kappa shape index (κ1) is 10.0. The van der Waals surface area contributed by atoms with Crippen molar-refractivity contribution in [3.63, 3.8) is 0 Å². The van der Waals surface area contributed by atoms with Crippen molar-refractivity contribution in [1.29, 1.82) is 0 Å². The van der Waals surface area contributed by atoms with Crippen molar-refractivity contribution in [2.45, 2.75) is 25.7 Å². The summed E-state index contributed by atoms with van der Waals surface area (Å²) in [6.07, 6.45) is 2.14. The van der Waals surface area contributed by atoms with E-state index in [1.54, 1.807) is 0 Å². The second-order valence-electron chi connectivity index (χ2n) is 5.19. The van der Waals surface area contributed by atoms with E-state index in [2.05, 4.69) is 6.92 Å². The first-order chi connectivity index (χ1) is 7.23. The Morgan fingerprint density at radius 2 is 1.73 bits per heavy atom. The number of hydrogen-bond donors (Lipinski definition) is 0. The van der Waals surface area contributed by atoms with Crippen LogP contribution in [-0.2, 0) is 18.9 Å². The quantitative estimate of drug-likeness (QED) is 0.656. The fourth-order valence-corrected chi connectivity index (χ4v) is 2.45. The van der Waals surface area contributed by atoms with E-state index in [4.69, 9.17) is 18.9 Å². The Balaban J connectivity index is 1.74. The molecule has 2 bridgehead atoms. The van der Waals surface area contributed by atoms with Gasteiger partial charge in [-0.3, -0.25) is 0 Å². The average molecular weight is 214 g/mol. The molecule has 15 heavy (non-hydrogen) atoms. The van der Waals surface area contributed by atoms with Gasteiger partial charge in [0.15, 0.2) is 0 Å². The molecule has 1 unspecified atom stereocenters. The van der Waals surface area contributed by atoms with Crippen LogP contribution in [0.3, 0.4) is 0 Å². The van der Waals surface area contributed by atoms with Gasteiger partial charge in [-0.25, -0.2) is 0 Å². The predicted octanol–water partition coefficient (Wildman–Crippen LogP) is 1.15. The van der Waals surface area contributed by atoms with E-state index in [0.29, 0.717) is 6.61 Å². The molecule has 0 aliphatic carbocycles. The van der Waals surface area contributed by atoms with Crippen molar-refractivity contribution in [3.8, 4) is 0 Å². The summed E-state index contributed by atoms with van der Waals surface area (Å²) in [6.45, 7) is 5.89. The molecular formula is C11H18O4. The Morgan fingerprint density at radius 3 is 2.27 bits per heavy atom. The highest BCUT2D eigenvalue weighted by molar-refractivity contribution is 4.88. The van der Waals surface area contributed by atoms with Crippen molar-refractivity contribution in [2.75, 3.05) is 33.0 Å². The van der Waals surface area contributed by atoms with Crippen molar-refractivity contribution in [2.24, 2.45) is 11.3 Å². The average Bonchev–Trinajstić information content (AvgIpc) is 2.32. The van der Waals surface area contributed by atoms with E-state index >= 15 is 0 Å². The van der Waals surface area contributed by atoms with Gasteiger partial charge in [0.05, 0.1) is 32.3 Å². The van der Waals surface area contributed by atoms with Crippen molar-refractivity contribution >= 4 is 0 Å². The zero-order chi connectivity index (χ0) is 10.4. The summed E-state index contributed by atoms with van der Waals surface area (Å²) in [7, 11) is 0. The minimum atomic E-state index is -0.793. The second-order valence-corrected chi connectivity index (χ2v) is 5.19. The summed E-state index contributed by atoms with van der Waals surface area (Å²) < 4.78 is 22.8. The third-order valence-electron chi connectivity index (χ3n) is 3.53. The Bertz CT molecular complexity index is 222. The summed E-state index contributed by atoms with van der Waals surface area (Å²) >= 11 is 0. The van der Waals surface area contributed by atoms with Gasteiger partial charge in [-0.1, -0.05) is 6.92 Å². The first-order valence-electron chi connectivity index (χ1n) is 5.72. The Hall–Kier alpha value is -0.160. The van der Waals surface area contributed by atoms with Crippen LogP contribution in [0.15, 0.2) is 0 Å². The number of rotatable bonds is 1. The van der Waals surface area contributed by atoms with Gasteiger partial charge in [0.2, 0.25) is 0 Å². The number of fused-ring (bicyclic) bond motifs is 3. The van der Waals surface area contributed by atoms with Crippen LogP contribution in [0.1, 0.15) is 19.8 Å². The zero-order valence-electron chi connectivity index (χ0n) is 9.16. The third-order valence-corrected chi connectivity index (χ3v) is 3.53. The highest BCUT2D eigenvalue weighted by Crippen LogP contribution is 2.43. The zero-order valence-corrected chi connectivity index (χ0v) is 9.16. The summed E-state index contributed by atoms with van der Waals surface area (Å²) in [4.78, 5) is 0. The molecule has 4 rings (SSSR count). The van der Waals surface area contributed by atoms with Crippen LogP contribution in [0.25, 0.3) is 0 Å². The SMILES string of the molecule is CC12COC(C3CCCOC3)(OC1)OC2. The molecule has 0 aromatic carbocycles. The summed E-state index contributed by atoms with van der Waals surface area (Å²) in [5.74, 6) is -0.561. The van der Waals surface area contributed by atoms with Crippen LogP contribution in [0.4, 0.5) is 0 Å². The van der Waals surface area contributed by atoms with Gasteiger partial charge >= 0.3 is 0 Å². The fourth-order valence-electron chi connectivity index (χ4n) is 2.45. The van der Waals surface area contributed by atoms with E-state index in [1.165, 1.54) is 0 Å². The summed E-state index contributed by atoms with van der Waals surface area (Å²) in [5.41, 5.74) is 0.0529. The lowest BCUT2D eigenvalue weighted by atomic mass is 9.89. The standard InChI is InChI=1S/C11H18O4/c1-10-6-13-11(14-7-10,15-8-10)9-3-2-4-12-5-9/h9H,2-8H2,1H3. The molecule has 4 nitrogen and oxygen atoms in total. The lowest BCUT2D eigenvalue weighted by Gasteiger charge is -2.53. The Labute approximate surface area is 89.8 Å². The molecule has 4 saturated heterocycles. The molecule has 0 saturated carbocycles. The van der Waals surface area contributed by atoms with E-state index in [9.17, 15) is 0 Å². The topological polar surface area (TPSA) is 36.9 Å². The van der Waals surface area contributed by atoms with Crippen LogP contribution >= 0.6 is 0 Å². The maximum atomic E-state index is 5.78. The van der Waals surface area contributed by atoms with Crippen LogP contribution in [0.2, 0.25) is 0 Å². The molecule has 0 aromatic heterocycles. The smallest absolute Gasteiger partial charge is 0.288 e. The Morgan fingerprint density at radius 1 is 1.07 bits per heavy atom. The first-order valence-corrected chi connectivity index (χ1v) is 5.72. The van der Waals surface area contributed by atoms with Crippen LogP contribution < -0.4 is 0 Å².